The number of ether oxygens (including phenoxy) is 2. The van der Waals surface area contributed by atoms with E-state index < -0.39 is 23.8 Å². The summed E-state index contributed by atoms with van der Waals surface area (Å²) in [7, 11) is 0. The molecule has 0 bridgehead atoms. The van der Waals surface area contributed by atoms with E-state index in [0.29, 0.717) is 31.5 Å². The van der Waals surface area contributed by atoms with Crippen LogP contribution >= 0.6 is 0 Å². The van der Waals surface area contributed by atoms with Crippen LogP contribution in [0.2, 0.25) is 0 Å². The van der Waals surface area contributed by atoms with Crippen molar-refractivity contribution in [1.29, 1.82) is 5.26 Å². The molecule has 9 nitrogen and oxygen atoms in total. The quantitative estimate of drug-likeness (QED) is 0.587. The number of rotatable bonds is 7. The number of carbonyl (C=O) groups is 3. The molecule has 0 spiro atoms. The molecular weight excluding hydrogens is 472 g/mol. The largest absolute Gasteiger partial charge is 0.445 e. The molecular formula is C28H34N4O5. The Kier molecular flexibility index (Phi) is 9.50. The molecule has 196 valence electrons. The molecule has 0 unspecified atom stereocenters. The van der Waals surface area contributed by atoms with E-state index in [1.807, 2.05) is 30.3 Å². The topological polar surface area (TPSA) is 121 Å². The van der Waals surface area contributed by atoms with E-state index in [9.17, 15) is 19.6 Å². The summed E-state index contributed by atoms with van der Waals surface area (Å²) in [5.41, 5.74) is 1.37. The predicted octanol–water partition coefficient (Wildman–Crippen LogP) is 3.91. The lowest BCUT2D eigenvalue weighted by Crippen LogP contribution is -2.56. The second-order valence-electron chi connectivity index (χ2n) is 10.0. The summed E-state index contributed by atoms with van der Waals surface area (Å²) in [4.78, 5) is 40.1. The van der Waals surface area contributed by atoms with E-state index in [-0.39, 0.29) is 25.0 Å². The Hall–Kier alpha value is -4.06. The van der Waals surface area contributed by atoms with Crippen molar-refractivity contribution in [2.75, 3.05) is 13.1 Å². The van der Waals surface area contributed by atoms with Gasteiger partial charge < -0.3 is 25.0 Å². The highest BCUT2D eigenvalue weighted by molar-refractivity contribution is 5.86. The maximum absolute atomic E-state index is 13.5. The molecule has 2 aromatic carbocycles. The Bertz CT molecular complexity index is 1120. The predicted molar refractivity (Wildman–Crippen MR) is 137 cm³/mol. The van der Waals surface area contributed by atoms with Crippen molar-refractivity contribution in [3.05, 3.63) is 71.3 Å². The Labute approximate surface area is 217 Å². The molecule has 1 aliphatic heterocycles. The van der Waals surface area contributed by atoms with E-state index in [4.69, 9.17) is 9.47 Å². The van der Waals surface area contributed by atoms with Crippen molar-refractivity contribution in [2.24, 2.45) is 0 Å². The first-order valence-corrected chi connectivity index (χ1v) is 12.4. The molecule has 0 aliphatic carbocycles. The van der Waals surface area contributed by atoms with Gasteiger partial charge in [0.2, 0.25) is 5.91 Å². The van der Waals surface area contributed by atoms with Gasteiger partial charge >= 0.3 is 12.2 Å². The van der Waals surface area contributed by atoms with Crippen LogP contribution in [0.15, 0.2) is 54.6 Å². The van der Waals surface area contributed by atoms with Gasteiger partial charge in [-0.2, -0.15) is 5.26 Å². The highest BCUT2D eigenvalue weighted by Crippen LogP contribution is 2.16. The van der Waals surface area contributed by atoms with Gasteiger partial charge in [0.1, 0.15) is 18.2 Å². The Morgan fingerprint density at radius 1 is 1.08 bits per heavy atom. The van der Waals surface area contributed by atoms with Gasteiger partial charge in [0.15, 0.2) is 0 Å². The fraction of sp³-hybridized carbons (Fsp3) is 0.429. The van der Waals surface area contributed by atoms with E-state index >= 15 is 0 Å². The smallest absolute Gasteiger partial charge is 0.408 e. The number of hydrogen-bond donors (Lipinski definition) is 2. The van der Waals surface area contributed by atoms with Gasteiger partial charge in [0.05, 0.1) is 11.6 Å². The van der Waals surface area contributed by atoms with E-state index in [1.54, 1.807) is 49.9 Å². The minimum Gasteiger partial charge on any atom is -0.445 e. The van der Waals surface area contributed by atoms with Crippen LogP contribution in [-0.2, 0) is 27.3 Å². The second kappa shape index (κ2) is 12.8. The van der Waals surface area contributed by atoms with Crippen LogP contribution in [0, 0.1) is 11.3 Å². The van der Waals surface area contributed by atoms with Crippen LogP contribution in [0.3, 0.4) is 0 Å². The van der Waals surface area contributed by atoms with Gasteiger partial charge in [-0.05, 0) is 56.9 Å². The zero-order chi connectivity index (χ0) is 26.8. The standard InChI is InChI=1S/C28H34N4O5/c1-28(2,3)37-27(35)31-24(16-21-11-7-12-22(15-21)17-29)25(33)32-14-8-13-23(18-32)30-26(34)36-19-20-9-5-4-6-10-20/h4-7,9-12,15,23-24H,8,13-14,16,18-19H2,1-3H3,(H,30,34)(H,31,35)/t23-,24-/m0/s1. The number of carbonyl (C=O) groups excluding carboxylic acids is 3. The monoisotopic (exact) mass is 506 g/mol. The fourth-order valence-corrected chi connectivity index (χ4v) is 4.10. The van der Waals surface area contributed by atoms with Crippen LogP contribution in [0.1, 0.15) is 50.3 Å². The van der Waals surface area contributed by atoms with Crippen LogP contribution in [0.5, 0.6) is 0 Å². The fourth-order valence-electron chi connectivity index (χ4n) is 4.10. The average Bonchev–Trinajstić information content (AvgIpc) is 2.86. The van der Waals surface area contributed by atoms with Crippen molar-refractivity contribution >= 4 is 18.1 Å². The third-order valence-corrected chi connectivity index (χ3v) is 5.75. The van der Waals surface area contributed by atoms with Crippen LogP contribution in [0.4, 0.5) is 9.59 Å². The third-order valence-electron chi connectivity index (χ3n) is 5.75. The van der Waals surface area contributed by atoms with Gasteiger partial charge in [0, 0.05) is 25.6 Å². The number of hydrogen-bond acceptors (Lipinski definition) is 6. The summed E-state index contributed by atoms with van der Waals surface area (Å²) in [6, 6.07) is 17.2. The maximum Gasteiger partial charge on any atom is 0.408 e. The van der Waals surface area contributed by atoms with Crippen molar-refractivity contribution in [2.45, 2.75) is 64.3 Å². The Morgan fingerprint density at radius 3 is 2.51 bits per heavy atom. The molecule has 1 saturated heterocycles. The molecule has 1 aliphatic rings. The van der Waals surface area contributed by atoms with Gasteiger partial charge in [-0.1, -0.05) is 42.5 Å². The Balaban J connectivity index is 1.64. The molecule has 1 fully saturated rings. The highest BCUT2D eigenvalue weighted by atomic mass is 16.6. The number of likely N-dealkylation sites (tertiary alicyclic amines) is 1. The summed E-state index contributed by atoms with van der Waals surface area (Å²) >= 11 is 0. The first-order valence-electron chi connectivity index (χ1n) is 12.4. The molecule has 2 atom stereocenters. The number of benzene rings is 2. The molecule has 1 heterocycles. The minimum absolute atomic E-state index is 0.158. The average molecular weight is 507 g/mol. The van der Waals surface area contributed by atoms with E-state index in [1.165, 1.54) is 0 Å². The van der Waals surface area contributed by atoms with Gasteiger partial charge in [-0.3, -0.25) is 4.79 Å². The maximum atomic E-state index is 13.5. The lowest BCUT2D eigenvalue weighted by atomic mass is 10.0. The highest BCUT2D eigenvalue weighted by Gasteiger charge is 2.32. The van der Waals surface area contributed by atoms with Gasteiger partial charge in [-0.15, -0.1) is 0 Å². The summed E-state index contributed by atoms with van der Waals surface area (Å²) in [5.74, 6) is -0.280. The molecule has 0 saturated carbocycles. The first kappa shape index (κ1) is 27.5. The van der Waals surface area contributed by atoms with E-state index in [2.05, 4.69) is 16.7 Å². The molecule has 3 amide bonds. The normalized spacial score (nSPS) is 16.2. The van der Waals surface area contributed by atoms with Crippen LogP contribution < -0.4 is 10.6 Å². The first-order chi connectivity index (χ1) is 17.6. The van der Waals surface area contributed by atoms with Crippen molar-refractivity contribution in [3.8, 4) is 6.07 Å². The zero-order valence-corrected chi connectivity index (χ0v) is 21.5. The van der Waals surface area contributed by atoms with Crippen molar-refractivity contribution in [1.82, 2.24) is 15.5 Å². The third kappa shape index (κ3) is 9.15. The SMILES string of the molecule is CC(C)(C)OC(=O)N[C@@H](Cc1cccc(C#N)c1)C(=O)N1CCC[C@H](NC(=O)OCc2ccccc2)C1. The lowest BCUT2D eigenvalue weighted by molar-refractivity contribution is -0.134. The van der Waals surface area contributed by atoms with E-state index in [0.717, 1.165) is 11.1 Å². The minimum atomic E-state index is -0.896. The molecule has 0 radical (unpaired) electrons. The van der Waals surface area contributed by atoms with Crippen molar-refractivity contribution < 1.29 is 23.9 Å². The number of alkyl carbamates (subject to hydrolysis) is 2. The zero-order valence-electron chi connectivity index (χ0n) is 21.5. The molecule has 9 heteroatoms. The summed E-state index contributed by atoms with van der Waals surface area (Å²) in [6.07, 6.45) is 0.358. The Morgan fingerprint density at radius 2 is 1.81 bits per heavy atom. The second-order valence-corrected chi connectivity index (χ2v) is 10.0. The van der Waals surface area contributed by atoms with Crippen LogP contribution in [0.25, 0.3) is 0 Å². The molecule has 2 aromatic rings. The lowest BCUT2D eigenvalue weighted by Gasteiger charge is -2.35. The molecule has 37 heavy (non-hydrogen) atoms. The molecule has 0 aromatic heterocycles. The number of amides is 3. The summed E-state index contributed by atoms with van der Waals surface area (Å²) in [5, 5.41) is 14.8. The van der Waals surface area contributed by atoms with Gasteiger partial charge in [-0.25, -0.2) is 9.59 Å². The van der Waals surface area contributed by atoms with Crippen LogP contribution in [-0.4, -0.2) is 53.8 Å². The summed E-state index contributed by atoms with van der Waals surface area (Å²) in [6.45, 7) is 6.20. The number of piperidine rings is 1. The number of nitrogens with zero attached hydrogens (tertiary/aromatic N) is 2. The molecule has 2 N–H and O–H groups in total. The number of nitriles is 1. The summed E-state index contributed by atoms with van der Waals surface area (Å²) < 4.78 is 10.7. The number of nitrogens with one attached hydrogen (secondary N) is 2. The van der Waals surface area contributed by atoms with Gasteiger partial charge in [0.25, 0.3) is 0 Å². The van der Waals surface area contributed by atoms with Crippen molar-refractivity contribution in [3.63, 3.8) is 0 Å². The molecule has 3 rings (SSSR count).